The van der Waals surface area contributed by atoms with Gasteiger partial charge in [-0.05, 0) is 83.6 Å². The number of nitrogens with zero attached hydrogens (tertiary/aromatic N) is 8. The molecule has 0 bridgehead atoms. The SMILES string of the molecule is COCOc1cc(C(=O)c2nc3nc(Cl)nc(N4CCCn5nc(C(=O)N(C)C)cc5C4)c3n2C2CCC2)c2c(C#C[Si](C(C)C)(C(C)C)C(C)C)c(F)ccc2c1. The first-order valence-electron chi connectivity index (χ1n) is 20.1. The molecule has 5 aromatic rings. The number of benzene rings is 2. The highest BCUT2D eigenvalue weighted by Gasteiger charge is 2.42. The second kappa shape index (κ2) is 16.4. The lowest BCUT2D eigenvalue weighted by Crippen LogP contribution is -2.43. The van der Waals surface area contributed by atoms with Crippen molar-refractivity contribution in [3.8, 4) is 17.2 Å². The molecule has 58 heavy (non-hydrogen) atoms. The lowest BCUT2D eigenvalue weighted by atomic mass is 9.91. The second-order valence-corrected chi connectivity index (χ2v) is 22.5. The fraction of sp³-hybridized carbons (Fsp3) is 0.488. The van der Waals surface area contributed by atoms with Crippen molar-refractivity contribution in [2.75, 3.05) is 39.4 Å². The van der Waals surface area contributed by atoms with Crippen LogP contribution in [-0.4, -0.2) is 88.5 Å². The minimum Gasteiger partial charge on any atom is -0.468 e. The van der Waals surface area contributed by atoms with Gasteiger partial charge < -0.3 is 23.8 Å². The minimum atomic E-state index is -2.29. The quantitative estimate of drug-likeness (QED) is 0.0424. The molecule has 12 nitrogen and oxygen atoms in total. The van der Waals surface area contributed by atoms with Crippen LogP contribution in [0, 0.1) is 17.3 Å². The molecule has 1 amide bonds. The third kappa shape index (κ3) is 7.37. The molecule has 7 rings (SSSR count). The van der Waals surface area contributed by atoms with E-state index >= 15 is 9.18 Å². The number of anilines is 1. The zero-order valence-electron chi connectivity index (χ0n) is 34.8. The Morgan fingerprint density at radius 2 is 1.72 bits per heavy atom. The van der Waals surface area contributed by atoms with Crippen molar-refractivity contribution in [1.29, 1.82) is 0 Å². The molecule has 2 aliphatic rings. The van der Waals surface area contributed by atoms with Crippen molar-refractivity contribution in [2.45, 2.75) is 103 Å². The Bertz CT molecular complexity index is 2440. The summed E-state index contributed by atoms with van der Waals surface area (Å²) in [5.74, 6) is 3.33. The number of amides is 1. The molecule has 3 aromatic heterocycles. The Labute approximate surface area is 345 Å². The van der Waals surface area contributed by atoms with Gasteiger partial charge in [0.05, 0.1) is 17.8 Å². The summed E-state index contributed by atoms with van der Waals surface area (Å²) in [5.41, 5.74) is 7.16. The van der Waals surface area contributed by atoms with E-state index < -0.39 is 19.7 Å². The van der Waals surface area contributed by atoms with Crippen LogP contribution in [0.15, 0.2) is 30.3 Å². The van der Waals surface area contributed by atoms with Crippen molar-refractivity contribution in [3.05, 3.63) is 69.8 Å². The number of carbonyl (C=O) groups is 2. The van der Waals surface area contributed by atoms with Gasteiger partial charge in [0.25, 0.3) is 5.91 Å². The van der Waals surface area contributed by atoms with Gasteiger partial charge in [0.2, 0.25) is 11.1 Å². The number of hydrogen-bond acceptors (Lipinski definition) is 9. The highest BCUT2D eigenvalue weighted by molar-refractivity contribution is 6.90. The predicted molar refractivity (Wildman–Crippen MR) is 227 cm³/mol. The molecular weight excluding hydrogens is 775 g/mol. The van der Waals surface area contributed by atoms with Crippen LogP contribution in [0.1, 0.15) is 111 Å². The molecule has 306 valence electrons. The van der Waals surface area contributed by atoms with Crippen LogP contribution in [0.2, 0.25) is 21.9 Å². The van der Waals surface area contributed by atoms with E-state index in [4.69, 9.17) is 31.0 Å². The third-order valence-corrected chi connectivity index (χ3v) is 18.4. The van der Waals surface area contributed by atoms with E-state index in [1.165, 1.54) is 18.1 Å². The van der Waals surface area contributed by atoms with Crippen molar-refractivity contribution in [3.63, 3.8) is 0 Å². The first-order valence-corrected chi connectivity index (χ1v) is 22.7. The van der Waals surface area contributed by atoms with Crippen LogP contribution < -0.4 is 9.64 Å². The van der Waals surface area contributed by atoms with Gasteiger partial charge in [0.1, 0.15) is 25.2 Å². The van der Waals surface area contributed by atoms with Crippen LogP contribution in [0.5, 0.6) is 5.75 Å². The molecule has 1 aliphatic carbocycles. The molecule has 0 spiro atoms. The molecule has 1 saturated carbocycles. The number of imidazole rings is 1. The van der Waals surface area contributed by atoms with E-state index in [9.17, 15) is 4.79 Å². The molecule has 0 saturated heterocycles. The third-order valence-electron chi connectivity index (χ3n) is 12.0. The lowest BCUT2D eigenvalue weighted by molar-refractivity contribution is 0.0511. The van der Waals surface area contributed by atoms with E-state index in [0.717, 1.165) is 31.4 Å². The maximum Gasteiger partial charge on any atom is 0.273 e. The zero-order valence-corrected chi connectivity index (χ0v) is 36.6. The summed E-state index contributed by atoms with van der Waals surface area (Å²) < 4.78 is 31.2. The summed E-state index contributed by atoms with van der Waals surface area (Å²) in [5, 5.41) is 5.62. The molecule has 0 atom stereocenters. The Hall–Kier alpha value is -4.84. The number of halogens is 2. The number of aromatic nitrogens is 6. The monoisotopic (exact) mass is 826 g/mol. The van der Waals surface area contributed by atoms with Gasteiger partial charge >= 0.3 is 0 Å². The largest absolute Gasteiger partial charge is 0.468 e. The van der Waals surface area contributed by atoms with Gasteiger partial charge in [-0.15, -0.1) is 5.54 Å². The molecule has 1 fully saturated rings. The lowest BCUT2D eigenvalue weighted by Gasteiger charge is -2.38. The molecule has 0 radical (unpaired) electrons. The predicted octanol–water partition coefficient (Wildman–Crippen LogP) is 8.59. The fourth-order valence-electron chi connectivity index (χ4n) is 8.97. The van der Waals surface area contributed by atoms with E-state index in [-0.39, 0.29) is 46.6 Å². The molecular formula is C43H52ClFN8O4Si. The molecule has 15 heteroatoms. The zero-order chi connectivity index (χ0) is 41.6. The Kier molecular flexibility index (Phi) is 11.7. The molecule has 4 heterocycles. The number of ether oxygens (including phenoxy) is 2. The van der Waals surface area contributed by atoms with Crippen molar-refractivity contribution >= 4 is 59.1 Å². The van der Waals surface area contributed by atoms with Gasteiger partial charge in [-0.25, -0.2) is 9.37 Å². The molecule has 0 N–H and O–H groups in total. The van der Waals surface area contributed by atoms with Gasteiger partial charge in [-0.3, -0.25) is 14.3 Å². The maximum atomic E-state index is 16.3. The Balaban J connectivity index is 1.43. The van der Waals surface area contributed by atoms with E-state index in [1.807, 2.05) is 15.3 Å². The number of hydrogen-bond donors (Lipinski definition) is 0. The number of fused-ring (bicyclic) bond motifs is 3. The second-order valence-electron chi connectivity index (χ2n) is 16.6. The Morgan fingerprint density at radius 3 is 2.36 bits per heavy atom. The molecule has 1 aliphatic heterocycles. The van der Waals surface area contributed by atoms with Crippen molar-refractivity contribution < 1.29 is 23.5 Å². The average molecular weight is 827 g/mol. The van der Waals surface area contributed by atoms with Crippen LogP contribution in [0.25, 0.3) is 21.9 Å². The summed E-state index contributed by atoms with van der Waals surface area (Å²) in [6.07, 6.45) is 3.35. The van der Waals surface area contributed by atoms with Gasteiger partial charge in [0.15, 0.2) is 29.8 Å². The van der Waals surface area contributed by atoms with Gasteiger partial charge in [0, 0.05) is 51.3 Å². The number of ketones is 1. The minimum absolute atomic E-state index is 0.00543. The van der Waals surface area contributed by atoms with Gasteiger partial charge in [-0.2, -0.15) is 15.1 Å². The van der Waals surface area contributed by atoms with Crippen LogP contribution in [-0.2, 0) is 17.8 Å². The first kappa shape index (κ1) is 41.3. The number of carbonyl (C=O) groups excluding carboxylic acids is 2. The summed E-state index contributed by atoms with van der Waals surface area (Å²) in [7, 11) is 2.64. The first-order chi connectivity index (χ1) is 27.7. The highest BCUT2D eigenvalue weighted by atomic mass is 35.5. The van der Waals surface area contributed by atoms with Crippen LogP contribution in [0.4, 0.5) is 10.2 Å². The van der Waals surface area contributed by atoms with E-state index in [0.29, 0.717) is 69.8 Å². The number of rotatable bonds is 11. The average Bonchev–Trinajstić information content (AvgIpc) is 3.66. The van der Waals surface area contributed by atoms with Gasteiger partial charge in [-0.1, -0.05) is 53.5 Å². The highest BCUT2D eigenvalue weighted by Crippen LogP contribution is 2.43. The smallest absolute Gasteiger partial charge is 0.273 e. The van der Waals surface area contributed by atoms with Crippen LogP contribution >= 0.6 is 11.6 Å². The van der Waals surface area contributed by atoms with Crippen molar-refractivity contribution in [1.82, 2.24) is 34.2 Å². The molecule has 0 unspecified atom stereocenters. The summed E-state index contributed by atoms with van der Waals surface area (Å²) >= 11 is 6.64. The Morgan fingerprint density at radius 1 is 1.00 bits per heavy atom. The van der Waals surface area contributed by atoms with Crippen molar-refractivity contribution in [2.24, 2.45) is 0 Å². The van der Waals surface area contributed by atoms with E-state index in [1.54, 1.807) is 32.3 Å². The summed E-state index contributed by atoms with van der Waals surface area (Å²) in [6, 6.07) is 8.25. The molecule has 2 aromatic carbocycles. The fourth-order valence-corrected chi connectivity index (χ4v) is 14.3. The standard InChI is InChI=1S/C43H52ClFN8O4Si/c1-25(2)58(26(3)4,27(5)6)19-16-32-34(45)15-14-28-20-31(57-24-56-9)22-33(36(28)32)38(54)41-46-39-37(53(41)29-12-10-13-29)40(48-43(44)47-39)51-17-11-18-52-30(23-51)21-35(49-52)42(55)50(7)8/h14-15,20-22,25-27,29H,10-13,17-18,23-24H2,1-9H3. The number of methoxy groups -OCH3 is 1. The van der Waals surface area contributed by atoms with E-state index in [2.05, 4.69) is 68.0 Å². The number of aryl methyl sites for hydroxylation is 1. The maximum absolute atomic E-state index is 16.3. The normalized spacial score (nSPS) is 14.8. The summed E-state index contributed by atoms with van der Waals surface area (Å²) in [6.45, 7) is 14.9. The van der Waals surface area contributed by atoms with Crippen LogP contribution in [0.3, 0.4) is 0 Å². The topological polar surface area (TPSA) is 120 Å². The summed E-state index contributed by atoms with van der Waals surface area (Å²) in [4.78, 5) is 46.0.